The first kappa shape index (κ1) is 15.2. The summed E-state index contributed by atoms with van der Waals surface area (Å²) in [5, 5.41) is 8.64. The summed E-state index contributed by atoms with van der Waals surface area (Å²) in [6, 6.07) is 3.64. The molecule has 0 bridgehead atoms. The maximum atomic E-state index is 10.5. The zero-order chi connectivity index (χ0) is 14.1. The molecule has 0 aliphatic rings. The van der Waals surface area contributed by atoms with Crippen molar-refractivity contribution in [1.82, 2.24) is 4.98 Å². The summed E-state index contributed by atoms with van der Waals surface area (Å²) in [5.41, 5.74) is 1.35. The zero-order valence-electron chi connectivity index (χ0n) is 11.3. The highest BCUT2D eigenvalue weighted by Crippen LogP contribution is 2.18. The summed E-state index contributed by atoms with van der Waals surface area (Å²) < 4.78 is 10.6. The Morgan fingerprint density at radius 3 is 2.79 bits per heavy atom. The van der Waals surface area contributed by atoms with Gasteiger partial charge in [-0.3, -0.25) is 0 Å². The van der Waals surface area contributed by atoms with Crippen molar-refractivity contribution in [1.29, 1.82) is 0 Å². The quantitative estimate of drug-likeness (QED) is 0.577. The largest absolute Gasteiger partial charge is 0.491 e. The van der Waals surface area contributed by atoms with E-state index in [1.807, 2.05) is 13.0 Å². The van der Waals surface area contributed by atoms with Gasteiger partial charge in [-0.15, -0.1) is 0 Å². The molecule has 0 fully saturated rings. The number of ether oxygens (including phenoxy) is 2. The van der Waals surface area contributed by atoms with Gasteiger partial charge in [-0.25, -0.2) is 9.78 Å². The predicted octanol–water partition coefficient (Wildman–Crippen LogP) is 2.29. The molecule has 19 heavy (non-hydrogen) atoms. The summed E-state index contributed by atoms with van der Waals surface area (Å²) >= 11 is 0. The molecule has 0 unspecified atom stereocenters. The molecule has 104 valence electrons. The van der Waals surface area contributed by atoms with Crippen molar-refractivity contribution in [2.45, 2.75) is 19.8 Å². The minimum Gasteiger partial charge on any atom is -0.491 e. The first-order valence-electron chi connectivity index (χ1n) is 6.14. The fourth-order valence-corrected chi connectivity index (χ4v) is 1.49. The van der Waals surface area contributed by atoms with E-state index in [1.54, 1.807) is 13.2 Å². The number of hydrogen-bond donors (Lipinski definition) is 1. The average molecular weight is 265 g/mol. The van der Waals surface area contributed by atoms with Crippen LogP contribution in [0.3, 0.4) is 0 Å². The van der Waals surface area contributed by atoms with Gasteiger partial charge in [0.25, 0.3) is 0 Å². The molecule has 0 atom stereocenters. The van der Waals surface area contributed by atoms with Crippen molar-refractivity contribution in [2.75, 3.05) is 20.3 Å². The van der Waals surface area contributed by atoms with Gasteiger partial charge >= 0.3 is 5.97 Å². The topological polar surface area (TPSA) is 68.7 Å². The van der Waals surface area contributed by atoms with E-state index in [0.717, 1.165) is 24.6 Å². The van der Waals surface area contributed by atoms with Crippen LogP contribution in [0.25, 0.3) is 6.08 Å². The van der Waals surface area contributed by atoms with E-state index in [-0.39, 0.29) is 0 Å². The van der Waals surface area contributed by atoms with Crippen LogP contribution >= 0.6 is 0 Å². The first-order chi connectivity index (χ1) is 9.13. The van der Waals surface area contributed by atoms with Gasteiger partial charge in [0.05, 0.1) is 6.61 Å². The number of rotatable bonds is 8. The van der Waals surface area contributed by atoms with E-state index in [1.165, 1.54) is 6.08 Å². The number of unbranched alkanes of at least 4 members (excludes halogenated alkanes) is 1. The average Bonchev–Trinajstić information content (AvgIpc) is 2.38. The van der Waals surface area contributed by atoms with Gasteiger partial charge in [0.2, 0.25) is 0 Å². The number of aryl methyl sites for hydroxylation is 1. The maximum absolute atomic E-state index is 10.5. The second-order valence-corrected chi connectivity index (χ2v) is 4.06. The molecule has 5 heteroatoms. The molecule has 1 aromatic heterocycles. The minimum absolute atomic E-state index is 0.536. The van der Waals surface area contributed by atoms with Crippen molar-refractivity contribution in [3.8, 4) is 5.75 Å². The lowest BCUT2D eigenvalue weighted by molar-refractivity contribution is -0.131. The van der Waals surface area contributed by atoms with Crippen molar-refractivity contribution in [3.05, 3.63) is 29.6 Å². The molecule has 0 amide bonds. The van der Waals surface area contributed by atoms with Crippen LogP contribution in [0.15, 0.2) is 18.2 Å². The molecular weight excluding hydrogens is 246 g/mol. The Balaban J connectivity index is 2.63. The smallest absolute Gasteiger partial charge is 0.328 e. The van der Waals surface area contributed by atoms with E-state index in [4.69, 9.17) is 14.6 Å². The SMILES string of the molecule is COCCCCOc1ccc(C)nc1/C=C/C(=O)O. The van der Waals surface area contributed by atoms with Crippen LogP contribution in [-0.4, -0.2) is 36.4 Å². The Hall–Kier alpha value is -1.88. The molecule has 1 aromatic rings. The van der Waals surface area contributed by atoms with E-state index < -0.39 is 5.97 Å². The number of nitrogens with zero attached hydrogens (tertiary/aromatic N) is 1. The number of carboxylic acids is 1. The summed E-state index contributed by atoms with van der Waals surface area (Å²) in [4.78, 5) is 14.8. The van der Waals surface area contributed by atoms with Gasteiger partial charge in [-0.2, -0.15) is 0 Å². The van der Waals surface area contributed by atoms with Crippen LogP contribution < -0.4 is 4.74 Å². The molecule has 5 nitrogen and oxygen atoms in total. The number of aliphatic carboxylic acids is 1. The Morgan fingerprint density at radius 1 is 1.37 bits per heavy atom. The Labute approximate surface area is 112 Å². The second-order valence-electron chi connectivity index (χ2n) is 4.06. The molecule has 0 aromatic carbocycles. The van der Waals surface area contributed by atoms with Crippen molar-refractivity contribution < 1.29 is 19.4 Å². The highest BCUT2D eigenvalue weighted by Gasteiger charge is 2.03. The number of aromatic nitrogens is 1. The lowest BCUT2D eigenvalue weighted by Crippen LogP contribution is -2.02. The molecule has 1 N–H and O–H groups in total. The molecule has 0 saturated carbocycles. The standard InChI is InChI=1S/C14H19NO4/c1-11-5-7-13(19-10-4-3-9-18-2)12(15-11)6-8-14(16)17/h5-8H,3-4,9-10H2,1-2H3,(H,16,17)/b8-6+. The van der Waals surface area contributed by atoms with E-state index in [0.29, 0.717) is 24.7 Å². The van der Waals surface area contributed by atoms with Crippen LogP contribution in [0, 0.1) is 6.92 Å². The molecule has 0 aliphatic carbocycles. The summed E-state index contributed by atoms with van der Waals surface area (Å²) in [6.45, 7) is 3.11. The third kappa shape index (κ3) is 6.01. The van der Waals surface area contributed by atoms with Gasteiger partial charge in [0.1, 0.15) is 11.4 Å². The van der Waals surface area contributed by atoms with Crippen molar-refractivity contribution in [3.63, 3.8) is 0 Å². The number of methoxy groups -OCH3 is 1. The Bertz CT molecular complexity index is 443. The van der Waals surface area contributed by atoms with E-state index >= 15 is 0 Å². The minimum atomic E-state index is -1.01. The highest BCUT2D eigenvalue weighted by molar-refractivity contribution is 5.85. The van der Waals surface area contributed by atoms with Crippen LogP contribution in [0.4, 0.5) is 0 Å². The molecule has 1 rings (SSSR count). The van der Waals surface area contributed by atoms with E-state index in [9.17, 15) is 4.79 Å². The third-order valence-electron chi connectivity index (χ3n) is 2.41. The second kappa shape index (κ2) is 8.26. The van der Waals surface area contributed by atoms with Crippen molar-refractivity contribution >= 4 is 12.0 Å². The van der Waals surface area contributed by atoms with Gasteiger partial charge in [0, 0.05) is 25.5 Å². The molecule has 0 aliphatic heterocycles. The third-order valence-corrected chi connectivity index (χ3v) is 2.41. The molecule has 0 saturated heterocycles. The Morgan fingerprint density at radius 2 is 2.11 bits per heavy atom. The lowest BCUT2D eigenvalue weighted by atomic mass is 10.2. The van der Waals surface area contributed by atoms with Gasteiger partial charge in [0.15, 0.2) is 0 Å². The summed E-state index contributed by atoms with van der Waals surface area (Å²) in [5.74, 6) is -0.408. The number of carboxylic acid groups (broad SMARTS) is 1. The number of pyridine rings is 1. The normalized spacial score (nSPS) is 10.8. The number of hydrogen-bond acceptors (Lipinski definition) is 4. The van der Waals surface area contributed by atoms with Crippen LogP contribution in [0.1, 0.15) is 24.2 Å². The maximum Gasteiger partial charge on any atom is 0.328 e. The molecule has 1 heterocycles. The van der Waals surface area contributed by atoms with Crippen LogP contribution in [0.5, 0.6) is 5.75 Å². The van der Waals surface area contributed by atoms with Gasteiger partial charge in [-0.05, 0) is 38.0 Å². The lowest BCUT2D eigenvalue weighted by Gasteiger charge is -2.09. The summed E-state index contributed by atoms with van der Waals surface area (Å²) in [7, 11) is 1.67. The van der Waals surface area contributed by atoms with Gasteiger partial charge in [-0.1, -0.05) is 0 Å². The highest BCUT2D eigenvalue weighted by atomic mass is 16.5. The molecule has 0 spiro atoms. The number of carbonyl (C=O) groups is 1. The zero-order valence-corrected chi connectivity index (χ0v) is 11.3. The Kier molecular flexibility index (Phi) is 6.60. The summed E-state index contributed by atoms with van der Waals surface area (Å²) in [6.07, 6.45) is 4.30. The van der Waals surface area contributed by atoms with Crippen LogP contribution in [-0.2, 0) is 9.53 Å². The van der Waals surface area contributed by atoms with Crippen molar-refractivity contribution in [2.24, 2.45) is 0 Å². The fraction of sp³-hybridized carbons (Fsp3) is 0.429. The van der Waals surface area contributed by atoms with E-state index in [2.05, 4.69) is 4.98 Å². The fourth-order valence-electron chi connectivity index (χ4n) is 1.49. The predicted molar refractivity (Wildman–Crippen MR) is 72.2 cm³/mol. The van der Waals surface area contributed by atoms with Gasteiger partial charge < -0.3 is 14.6 Å². The first-order valence-corrected chi connectivity index (χ1v) is 6.14. The van der Waals surface area contributed by atoms with Crippen LogP contribution in [0.2, 0.25) is 0 Å². The molecule has 0 radical (unpaired) electrons. The monoisotopic (exact) mass is 265 g/mol. The molecular formula is C14H19NO4.